The number of nitrogens with one attached hydrogen (secondary N) is 1. The first kappa shape index (κ1) is 24.2. The maximum Gasteiger partial charge on any atom is 0.294 e. The molecule has 7 nitrogen and oxygen atoms in total. The number of benzene rings is 2. The predicted molar refractivity (Wildman–Crippen MR) is 147 cm³/mol. The Labute approximate surface area is 221 Å². The molecule has 0 spiro atoms. The highest BCUT2D eigenvalue weighted by Gasteiger charge is 2.32. The van der Waals surface area contributed by atoms with Gasteiger partial charge in [-0.2, -0.15) is 5.10 Å². The molecule has 4 aromatic rings. The summed E-state index contributed by atoms with van der Waals surface area (Å²) < 4.78 is 11.9. The molecule has 0 atom stereocenters. The topological polar surface area (TPSA) is 88.0 Å². The summed E-state index contributed by atoms with van der Waals surface area (Å²) in [6.07, 6.45) is 6.01. The van der Waals surface area contributed by atoms with Gasteiger partial charge in [0.2, 0.25) is 5.91 Å². The number of carbonyl (C=O) groups excluding carboxylic acids is 2. The van der Waals surface area contributed by atoms with Crippen molar-refractivity contribution in [3.05, 3.63) is 87.6 Å². The number of hydrogen-bond donors (Lipinski definition) is 1. The molecule has 194 valence electrons. The van der Waals surface area contributed by atoms with Crippen LogP contribution >= 0.6 is 0 Å². The lowest BCUT2D eigenvalue weighted by atomic mass is 9.93. The van der Waals surface area contributed by atoms with Gasteiger partial charge < -0.3 is 13.7 Å². The molecule has 2 aromatic carbocycles. The van der Waals surface area contributed by atoms with Gasteiger partial charge in [-0.1, -0.05) is 24.3 Å². The molecule has 0 bridgehead atoms. The van der Waals surface area contributed by atoms with E-state index in [0.717, 1.165) is 81.6 Å². The van der Waals surface area contributed by atoms with Gasteiger partial charge in [0.1, 0.15) is 11.3 Å². The number of aryl methyl sites for hydroxylation is 4. The SMILES string of the molecule is Cc1cc(C)c2c(CC(=O)N/N=C3\CCCc4oc(C(=O)N5CCCc6ccccc65)c(C)c43)coc2c1. The molecule has 6 rings (SSSR count). The number of para-hydroxylation sites is 1. The van der Waals surface area contributed by atoms with E-state index in [1.54, 1.807) is 6.26 Å². The highest BCUT2D eigenvalue weighted by molar-refractivity contribution is 6.10. The van der Waals surface area contributed by atoms with E-state index >= 15 is 0 Å². The number of nitrogens with zero attached hydrogens (tertiary/aromatic N) is 2. The van der Waals surface area contributed by atoms with Gasteiger partial charge in [0.05, 0.1) is 18.4 Å². The molecule has 1 aliphatic carbocycles. The van der Waals surface area contributed by atoms with Gasteiger partial charge in [-0.05, 0) is 75.3 Å². The molecule has 0 radical (unpaired) electrons. The molecule has 2 amide bonds. The molecule has 0 saturated heterocycles. The van der Waals surface area contributed by atoms with Crippen LogP contribution in [0, 0.1) is 20.8 Å². The van der Waals surface area contributed by atoms with E-state index in [1.807, 2.05) is 49.9 Å². The second-order valence-corrected chi connectivity index (χ2v) is 10.4. The Kier molecular flexibility index (Phi) is 6.14. The summed E-state index contributed by atoms with van der Waals surface area (Å²) in [4.78, 5) is 28.3. The van der Waals surface area contributed by atoms with Crippen molar-refractivity contribution in [2.75, 3.05) is 11.4 Å². The van der Waals surface area contributed by atoms with Crippen LogP contribution in [0.2, 0.25) is 0 Å². The first-order valence-electron chi connectivity index (χ1n) is 13.3. The number of furan rings is 2. The lowest BCUT2D eigenvalue weighted by molar-refractivity contribution is -0.120. The standard InChI is InChI=1S/C31H31N3O4/c1-18-14-19(2)28-22(17-37-26(28)15-18)16-27(35)33-32-23-10-6-12-25-29(23)20(3)30(38-25)31(36)34-13-7-9-21-8-4-5-11-24(21)34/h4-5,8,11,14-15,17H,6-7,9-10,12-13,16H2,1-3H3,(H,33,35)/b32-23+. The summed E-state index contributed by atoms with van der Waals surface area (Å²) >= 11 is 0. The van der Waals surface area contributed by atoms with E-state index in [2.05, 4.69) is 22.7 Å². The zero-order valence-electron chi connectivity index (χ0n) is 22.0. The monoisotopic (exact) mass is 509 g/mol. The van der Waals surface area contributed by atoms with Crippen molar-refractivity contribution >= 4 is 34.2 Å². The van der Waals surface area contributed by atoms with Crippen LogP contribution in [0.25, 0.3) is 11.0 Å². The average Bonchev–Trinajstić information content (AvgIpc) is 3.47. The number of amides is 2. The van der Waals surface area contributed by atoms with Crippen LogP contribution in [0.5, 0.6) is 0 Å². The molecule has 38 heavy (non-hydrogen) atoms. The van der Waals surface area contributed by atoms with Crippen molar-refractivity contribution in [2.24, 2.45) is 5.10 Å². The molecule has 1 N–H and O–H groups in total. The Balaban J connectivity index is 1.23. The Morgan fingerprint density at radius 2 is 1.89 bits per heavy atom. The third kappa shape index (κ3) is 4.22. The van der Waals surface area contributed by atoms with Crippen LogP contribution in [0.1, 0.15) is 69.0 Å². The smallest absolute Gasteiger partial charge is 0.294 e. The van der Waals surface area contributed by atoms with Gasteiger partial charge in [-0.25, -0.2) is 5.43 Å². The molecule has 0 unspecified atom stereocenters. The third-order valence-electron chi connectivity index (χ3n) is 7.63. The van der Waals surface area contributed by atoms with Crippen molar-refractivity contribution in [1.29, 1.82) is 0 Å². The number of carbonyl (C=O) groups is 2. The minimum absolute atomic E-state index is 0.120. The zero-order valence-corrected chi connectivity index (χ0v) is 22.0. The van der Waals surface area contributed by atoms with E-state index in [9.17, 15) is 9.59 Å². The van der Waals surface area contributed by atoms with Crippen molar-refractivity contribution in [2.45, 2.75) is 59.3 Å². The van der Waals surface area contributed by atoms with Crippen LogP contribution in [-0.4, -0.2) is 24.1 Å². The summed E-state index contributed by atoms with van der Waals surface area (Å²) in [6, 6.07) is 12.1. The molecule has 0 fully saturated rings. The quantitative estimate of drug-likeness (QED) is 0.345. The van der Waals surface area contributed by atoms with Gasteiger partial charge in [0, 0.05) is 40.7 Å². The second kappa shape index (κ2) is 9.63. The lowest BCUT2D eigenvalue weighted by Gasteiger charge is -2.28. The second-order valence-electron chi connectivity index (χ2n) is 10.4. The minimum atomic E-state index is -0.213. The summed E-state index contributed by atoms with van der Waals surface area (Å²) in [5.74, 6) is 0.796. The molecule has 0 saturated carbocycles. The van der Waals surface area contributed by atoms with Crippen molar-refractivity contribution in [3.63, 3.8) is 0 Å². The van der Waals surface area contributed by atoms with Crippen molar-refractivity contribution < 1.29 is 18.4 Å². The summed E-state index contributed by atoms with van der Waals surface area (Å²) in [6.45, 7) is 6.63. The molecule has 7 heteroatoms. The minimum Gasteiger partial charge on any atom is -0.464 e. The lowest BCUT2D eigenvalue weighted by Crippen LogP contribution is -2.35. The van der Waals surface area contributed by atoms with Crippen molar-refractivity contribution in [1.82, 2.24) is 5.43 Å². The maximum absolute atomic E-state index is 13.6. The fourth-order valence-corrected chi connectivity index (χ4v) is 5.95. The highest BCUT2D eigenvalue weighted by atomic mass is 16.4. The fraction of sp³-hybridized carbons (Fsp3) is 0.323. The van der Waals surface area contributed by atoms with E-state index in [0.29, 0.717) is 18.7 Å². The van der Waals surface area contributed by atoms with Crippen LogP contribution in [0.4, 0.5) is 5.69 Å². The molecule has 3 heterocycles. The van der Waals surface area contributed by atoms with Crippen LogP contribution < -0.4 is 10.3 Å². The van der Waals surface area contributed by atoms with E-state index in [-0.39, 0.29) is 18.2 Å². The largest absolute Gasteiger partial charge is 0.464 e. The summed E-state index contributed by atoms with van der Waals surface area (Å²) in [5.41, 5.74) is 11.1. The fourth-order valence-electron chi connectivity index (χ4n) is 5.95. The third-order valence-corrected chi connectivity index (χ3v) is 7.63. The number of hydrogen-bond acceptors (Lipinski definition) is 5. The first-order chi connectivity index (χ1) is 18.4. The number of rotatable bonds is 4. The van der Waals surface area contributed by atoms with Gasteiger partial charge in [0.25, 0.3) is 5.91 Å². The Bertz CT molecular complexity index is 1610. The van der Waals surface area contributed by atoms with E-state index in [1.165, 1.54) is 5.56 Å². The average molecular weight is 510 g/mol. The maximum atomic E-state index is 13.6. The van der Waals surface area contributed by atoms with Gasteiger partial charge >= 0.3 is 0 Å². The van der Waals surface area contributed by atoms with Crippen LogP contribution in [-0.2, 0) is 24.1 Å². The van der Waals surface area contributed by atoms with Crippen LogP contribution in [0.15, 0.2) is 56.6 Å². The normalized spacial score (nSPS) is 16.0. The van der Waals surface area contributed by atoms with Gasteiger partial charge in [0.15, 0.2) is 5.76 Å². The first-order valence-corrected chi connectivity index (χ1v) is 13.3. The molecule has 2 aliphatic rings. The molecular formula is C31H31N3O4. The predicted octanol–water partition coefficient (Wildman–Crippen LogP) is 5.94. The van der Waals surface area contributed by atoms with Crippen LogP contribution in [0.3, 0.4) is 0 Å². The Hall–Kier alpha value is -4.13. The molecular weight excluding hydrogens is 478 g/mol. The zero-order chi connectivity index (χ0) is 26.4. The highest BCUT2D eigenvalue weighted by Crippen LogP contribution is 2.34. The molecule has 1 aliphatic heterocycles. The summed E-state index contributed by atoms with van der Waals surface area (Å²) in [5, 5.41) is 5.48. The Morgan fingerprint density at radius 1 is 1.05 bits per heavy atom. The van der Waals surface area contributed by atoms with E-state index in [4.69, 9.17) is 8.83 Å². The van der Waals surface area contributed by atoms with Gasteiger partial charge in [-0.3, -0.25) is 9.59 Å². The summed E-state index contributed by atoms with van der Waals surface area (Å²) in [7, 11) is 0. The number of anilines is 1. The molecule has 2 aromatic heterocycles. The van der Waals surface area contributed by atoms with E-state index < -0.39 is 0 Å². The van der Waals surface area contributed by atoms with Gasteiger partial charge in [-0.15, -0.1) is 0 Å². The number of hydrazone groups is 1. The van der Waals surface area contributed by atoms with Crippen molar-refractivity contribution in [3.8, 4) is 0 Å². The Morgan fingerprint density at radius 3 is 2.76 bits per heavy atom. The number of fused-ring (bicyclic) bond motifs is 3.